The summed E-state index contributed by atoms with van der Waals surface area (Å²) in [5.41, 5.74) is 7.28. The Morgan fingerprint density at radius 1 is 1.40 bits per heavy atom. The number of nitrogen functional groups attached to an aromatic ring is 1. The molecule has 2 aromatic heterocycles. The van der Waals surface area contributed by atoms with Crippen molar-refractivity contribution >= 4 is 21.7 Å². The summed E-state index contributed by atoms with van der Waals surface area (Å²) in [5.74, 6) is 0. The molecule has 2 heterocycles. The maximum atomic E-state index is 8.74. The number of nitrogens with two attached hydrogens (primary N) is 1. The van der Waals surface area contributed by atoms with Crippen LogP contribution in [0.15, 0.2) is 18.6 Å². The molecule has 0 aromatic carbocycles. The smallest absolute Gasteiger partial charge is 0.394 e. The molecule has 8 nitrogen and oxygen atoms in total. The SMILES string of the molecule is Cn1ccn2ncc(N)c12.O=S(=O)(O)O. The van der Waals surface area contributed by atoms with Crippen LogP contribution in [0.25, 0.3) is 5.65 Å². The summed E-state index contributed by atoms with van der Waals surface area (Å²) >= 11 is 0. The van der Waals surface area contributed by atoms with Crippen molar-refractivity contribution < 1.29 is 17.5 Å². The molecule has 0 radical (unpaired) electrons. The number of hydrogen-bond acceptors (Lipinski definition) is 4. The number of anilines is 1. The quantitative estimate of drug-likeness (QED) is 0.533. The number of aryl methyl sites for hydroxylation is 1. The first-order valence-corrected chi connectivity index (χ1v) is 5.13. The van der Waals surface area contributed by atoms with Crippen molar-refractivity contribution in [1.29, 1.82) is 0 Å². The van der Waals surface area contributed by atoms with E-state index < -0.39 is 10.4 Å². The van der Waals surface area contributed by atoms with Crippen molar-refractivity contribution in [3.8, 4) is 0 Å². The van der Waals surface area contributed by atoms with E-state index in [1.165, 1.54) is 0 Å². The molecule has 0 saturated carbocycles. The van der Waals surface area contributed by atoms with Gasteiger partial charge in [0.25, 0.3) is 0 Å². The van der Waals surface area contributed by atoms with Gasteiger partial charge in [-0.2, -0.15) is 13.5 Å². The maximum Gasteiger partial charge on any atom is 0.394 e. The maximum absolute atomic E-state index is 8.74. The van der Waals surface area contributed by atoms with Crippen LogP contribution in [0.2, 0.25) is 0 Å². The molecule has 4 N–H and O–H groups in total. The Morgan fingerprint density at radius 2 is 1.93 bits per heavy atom. The third-order valence-electron chi connectivity index (χ3n) is 1.56. The highest BCUT2D eigenvalue weighted by molar-refractivity contribution is 7.79. The van der Waals surface area contributed by atoms with Crippen LogP contribution in [0.3, 0.4) is 0 Å². The van der Waals surface area contributed by atoms with Gasteiger partial charge in [-0.3, -0.25) is 9.11 Å². The van der Waals surface area contributed by atoms with Gasteiger partial charge in [-0.15, -0.1) is 0 Å². The average Bonchev–Trinajstić information content (AvgIpc) is 2.55. The van der Waals surface area contributed by atoms with Crippen molar-refractivity contribution in [2.24, 2.45) is 7.05 Å². The Balaban J connectivity index is 0.000000195. The summed E-state index contributed by atoms with van der Waals surface area (Å²) in [5, 5.41) is 4.01. The van der Waals surface area contributed by atoms with Crippen molar-refractivity contribution in [2.75, 3.05) is 5.73 Å². The molecule has 0 aliphatic rings. The van der Waals surface area contributed by atoms with Gasteiger partial charge in [-0.25, -0.2) is 4.52 Å². The van der Waals surface area contributed by atoms with Crippen LogP contribution in [0.5, 0.6) is 0 Å². The minimum absolute atomic E-state index is 0.715. The predicted molar refractivity (Wildman–Crippen MR) is 52.8 cm³/mol. The third kappa shape index (κ3) is 3.23. The molecule has 2 aromatic rings. The second-order valence-corrected chi connectivity index (χ2v) is 3.62. The number of aromatic nitrogens is 3. The standard InChI is InChI=1S/C6H8N4.H2O4S/c1-9-2-3-10-6(9)5(7)4-8-10;1-5(2,3)4/h2-4H,7H2,1H3;(H2,1,2,3,4). The zero-order valence-corrected chi connectivity index (χ0v) is 8.59. The van der Waals surface area contributed by atoms with Gasteiger partial charge in [0.05, 0.1) is 11.9 Å². The fourth-order valence-electron chi connectivity index (χ4n) is 1.08. The van der Waals surface area contributed by atoms with Gasteiger partial charge in [0.2, 0.25) is 0 Å². The summed E-state index contributed by atoms with van der Waals surface area (Å²) in [6.07, 6.45) is 5.43. The highest BCUT2D eigenvalue weighted by atomic mass is 32.3. The molecule has 15 heavy (non-hydrogen) atoms. The van der Waals surface area contributed by atoms with E-state index in [0.717, 1.165) is 5.65 Å². The highest BCUT2D eigenvalue weighted by Gasteiger charge is 2.01. The minimum Gasteiger partial charge on any atom is -0.394 e. The van der Waals surface area contributed by atoms with Crippen molar-refractivity contribution in [2.45, 2.75) is 0 Å². The fourth-order valence-corrected chi connectivity index (χ4v) is 1.08. The van der Waals surface area contributed by atoms with Gasteiger partial charge in [-0.05, 0) is 0 Å². The van der Waals surface area contributed by atoms with E-state index in [4.69, 9.17) is 23.3 Å². The average molecular weight is 234 g/mol. The van der Waals surface area contributed by atoms with Crippen LogP contribution in [0.4, 0.5) is 5.69 Å². The van der Waals surface area contributed by atoms with Gasteiger partial charge in [0, 0.05) is 19.4 Å². The number of hydrogen-bond donors (Lipinski definition) is 3. The van der Waals surface area contributed by atoms with E-state index in [1.54, 1.807) is 10.7 Å². The first-order valence-electron chi connectivity index (χ1n) is 3.73. The molecule has 2 rings (SSSR count). The van der Waals surface area contributed by atoms with E-state index >= 15 is 0 Å². The third-order valence-corrected chi connectivity index (χ3v) is 1.56. The van der Waals surface area contributed by atoms with E-state index in [9.17, 15) is 0 Å². The summed E-state index contributed by atoms with van der Waals surface area (Å²) in [6, 6.07) is 0. The Labute approximate surface area is 85.5 Å². The Hall–Kier alpha value is -1.58. The first kappa shape index (κ1) is 11.5. The van der Waals surface area contributed by atoms with Crippen LogP contribution in [-0.2, 0) is 17.4 Å². The van der Waals surface area contributed by atoms with Crippen molar-refractivity contribution in [1.82, 2.24) is 14.2 Å². The van der Waals surface area contributed by atoms with Gasteiger partial charge in [0.15, 0.2) is 5.65 Å². The molecule has 0 fully saturated rings. The lowest BCUT2D eigenvalue weighted by Crippen LogP contribution is -1.90. The first-order chi connectivity index (χ1) is 6.79. The van der Waals surface area contributed by atoms with E-state index in [0.29, 0.717) is 5.69 Å². The van der Waals surface area contributed by atoms with Crippen molar-refractivity contribution in [3.63, 3.8) is 0 Å². The number of nitrogens with zero attached hydrogens (tertiary/aromatic N) is 3. The lowest BCUT2D eigenvalue weighted by Gasteiger charge is -1.89. The molecule has 9 heteroatoms. The van der Waals surface area contributed by atoms with E-state index in [-0.39, 0.29) is 0 Å². The second-order valence-electron chi connectivity index (χ2n) is 2.72. The molecule has 0 aliphatic heterocycles. The minimum atomic E-state index is -4.67. The summed E-state index contributed by atoms with van der Waals surface area (Å²) in [4.78, 5) is 0. The highest BCUT2D eigenvalue weighted by Crippen LogP contribution is 2.10. The Kier molecular flexibility index (Phi) is 2.98. The molecule has 0 bridgehead atoms. The fraction of sp³-hybridized carbons (Fsp3) is 0.167. The zero-order valence-electron chi connectivity index (χ0n) is 7.77. The molecule has 0 atom stereocenters. The largest absolute Gasteiger partial charge is 0.394 e. The summed E-state index contributed by atoms with van der Waals surface area (Å²) in [6.45, 7) is 0. The van der Waals surface area contributed by atoms with Gasteiger partial charge in [0.1, 0.15) is 0 Å². The number of rotatable bonds is 0. The van der Waals surface area contributed by atoms with Crippen LogP contribution in [0.1, 0.15) is 0 Å². The molecular weight excluding hydrogens is 224 g/mol. The van der Waals surface area contributed by atoms with E-state index in [1.807, 2.05) is 24.0 Å². The van der Waals surface area contributed by atoms with E-state index in [2.05, 4.69) is 5.10 Å². The molecule has 0 saturated heterocycles. The van der Waals surface area contributed by atoms with Gasteiger partial charge in [-0.1, -0.05) is 0 Å². The number of imidazole rings is 1. The summed E-state index contributed by atoms with van der Waals surface area (Å²) < 4.78 is 35.3. The molecular formula is C6H10N4O4S. The monoisotopic (exact) mass is 234 g/mol. The van der Waals surface area contributed by atoms with Crippen LogP contribution < -0.4 is 5.73 Å². The van der Waals surface area contributed by atoms with Crippen LogP contribution in [0, 0.1) is 0 Å². The molecule has 0 unspecified atom stereocenters. The lowest BCUT2D eigenvalue weighted by atomic mass is 10.6. The second kappa shape index (κ2) is 3.88. The molecule has 0 aliphatic carbocycles. The molecule has 84 valence electrons. The van der Waals surface area contributed by atoms with Gasteiger partial charge < -0.3 is 10.3 Å². The normalized spacial score (nSPS) is 11.1. The lowest BCUT2D eigenvalue weighted by molar-refractivity contribution is 0.381. The molecule has 0 amide bonds. The van der Waals surface area contributed by atoms with Crippen LogP contribution in [-0.4, -0.2) is 31.7 Å². The predicted octanol–water partition coefficient (Wildman–Crippen LogP) is -0.398. The Morgan fingerprint density at radius 3 is 2.40 bits per heavy atom. The summed E-state index contributed by atoms with van der Waals surface area (Å²) in [7, 11) is -2.73. The molecule has 0 spiro atoms. The zero-order chi connectivity index (χ0) is 11.6. The van der Waals surface area contributed by atoms with Gasteiger partial charge >= 0.3 is 10.4 Å². The Bertz CT molecular complexity index is 515. The van der Waals surface area contributed by atoms with Crippen LogP contribution >= 0.6 is 0 Å². The topological polar surface area (TPSA) is 123 Å². The van der Waals surface area contributed by atoms with Crippen molar-refractivity contribution in [3.05, 3.63) is 18.6 Å². The number of fused-ring (bicyclic) bond motifs is 1.